The summed E-state index contributed by atoms with van der Waals surface area (Å²) in [6.45, 7) is 4.18. The standard InChI is InChI=1S/C12H19NO2/c1-3-5-7-10(6-4-2)8-11(9-13)12(14)15/h8,10H,3-7H2,1-2H3,(H,14,15). The Labute approximate surface area is 91.4 Å². The van der Waals surface area contributed by atoms with Crippen LogP contribution in [-0.4, -0.2) is 11.1 Å². The first kappa shape index (κ1) is 13.7. The van der Waals surface area contributed by atoms with E-state index in [1.54, 1.807) is 12.1 Å². The Balaban J connectivity index is 4.47. The van der Waals surface area contributed by atoms with E-state index in [0.717, 1.165) is 32.1 Å². The summed E-state index contributed by atoms with van der Waals surface area (Å²) in [6.07, 6.45) is 6.74. The number of carboxylic acids is 1. The number of hydrogen-bond donors (Lipinski definition) is 1. The van der Waals surface area contributed by atoms with Gasteiger partial charge in [-0.15, -0.1) is 0 Å². The van der Waals surface area contributed by atoms with Crippen molar-refractivity contribution in [2.75, 3.05) is 0 Å². The van der Waals surface area contributed by atoms with E-state index in [0.29, 0.717) is 0 Å². The van der Waals surface area contributed by atoms with Gasteiger partial charge in [-0.1, -0.05) is 39.2 Å². The van der Waals surface area contributed by atoms with Crippen LogP contribution in [0.25, 0.3) is 0 Å². The molecule has 3 nitrogen and oxygen atoms in total. The molecule has 0 aliphatic heterocycles. The fourth-order valence-electron chi connectivity index (χ4n) is 1.54. The molecule has 1 N–H and O–H groups in total. The summed E-state index contributed by atoms with van der Waals surface area (Å²) >= 11 is 0. The van der Waals surface area contributed by atoms with E-state index in [9.17, 15) is 4.79 Å². The summed E-state index contributed by atoms with van der Waals surface area (Å²) in [5, 5.41) is 17.4. The molecule has 1 unspecified atom stereocenters. The average Bonchev–Trinajstić information content (AvgIpc) is 2.21. The summed E-state index contributed by atoms with van der Waals surface area (Å²) < 4.78 is 0. The van der Waals surface area contributed by atoms with E-state index in [1.165, 1.54) is 0 Å². The highest BCUT2D eigenvalue weighted by molar-refractivity contribution is 5.90. The Morgan fingerprint density at radius 2 is 2.07 bits per heavy atom. The molecule has 0 rings (SSSR count). The normalized spacial score (nSPS) is 13.3. The SMILES string of the molecule is CCCCC(C=C(C#N)C(=O)O)CCC. The number of allylic oxidation sites excluding steroid dienone is 1. The Kier molecular flexibility index (Phi) is 7.35. The van der Waals surface area contributed by atoms with Gasteiger partial charge in [0, 0.05) is 0 Å². The zero-order chi connectivity index (χ0) is 11.7. The predicted octanol–water partition coefficient (Wildman–Crippen LogP) is 3.13. The highest BCUT2D eigenvalue weighted by atomic mass is 16.4. The van der Waals surface area contributed by atoms with Crippen LogP contribution in [0.1, 0.15) is 46.0 Å². The molecule has 84 valence electrons. The summed E-state index contributed by atoms with van der Waals surface area (Å²) in [4.78, 5) is 10.7. The molecule has 3 heteroatoms. The molecule has 0 bridgehead atoms. The minimum Gasteiger partial charge on any atom is -0.477 e. The van der Waals surface area contributed by atoms with E-state index in [2.05, 4.69) is 13.8 Å². The molecule has 0 aromatic rings. The van der Waals surface area contributed by atoms with Crippen LogP contribution in [0.5, 0.6) is 0 Å². The van der Waals surface area contributed by atoms with E-state index >= 15 is 0 Å². The number of carboxylic acid groups (broad SMARTS) is 1. The highest BCUT2D eigenvalue weighted by Gasteiger charge is 2.10. The van der Waals surface area contributed by atoms with Gasteiger partial charge in [-0.05, 0) is 18.8 Å². The Morgan fingerprint density at radius 3 is 2.47 bits per heavy atom. The number of hydrogen-bond acceptors (Lipinski definition) is 2. The third kappa shape index (κ3) is 5.90. The largest absolute Gasteiger partial charge is 0.477 e. The molecule has 1 atom stereocenters. The van der Waals surface area contributed by atoms with Crippen molar-refractivity contribution in [3.63, 3.8) is 0 Å². The lowest BCUT2D eigenvalue weighted by molar-refractivity contribution is -0.132. The van der Waals surface area contributed by atoms with E-state index in [4.69, 9.17) is 10.4 Å². The molecule has 0 aromatic heterocycles. The lowest BCUT2D eigenvalue weighted by atomic mass is 9.95. The second-order valence-electron chi connectivity index (χ2n) is 3.69. The molecule has 0 aliphatic rings. The zero-order valence-corrected chi connectivity index (χ0v) is 9.49. The summed E-state index contributed by atoms with van der Waals surface area (Å²) in [7, 11) is 0. The first-order valence-electron chi connectivity index (χ1n) is 5.50. The van der Waals surface area contributed by atoms with Crippen molar-refractivity contribution >= 4 is 5.97 Å². The van der Waals surface area contributed by atoms with Gasteiger partial charge in [0.1, 0.15) is 11.6 Å². The molecule has 0 aliphatic carbocycles. The van der Waals surface area contributed by atoms with Crippen molar-refractivity contribution in [1.29, 1.82) is 5.26 Å². The molecule has 0 aromatic carbocycles. The Bertz CT molecular complexity index is 263. The van der Waals surface area contributed by atoms with Crippen molar-refractivity contribution in [3.8, 4) is 6.07 Å². The molecule has 0 saturated heterocycles. The highest BCUT2D eigenvalue weighted by Crippen LogP contribution is 2.18. The van der Waals surface area contributed by atoms with Crippen LogP contribution in [0.2, 0.25) is 0 Å². The van der Waals surface area contributed by atoms with Crippen molar-refractivity contribution in [1.82, 2.24) is 0 Å². The van der Waals surface area contributed by atoms with Crippen LogP contribution in [0.15, 0.2) is 11.6 Å². The van der Waals surface area contributed by atoms with Gasteiger partial charge in [-0.3, -0.25) is 0 Å². The number of carbonyl (C=O) groups is 1. The summed E-state index contributed by atoms with van der Waals surface area (Å²) in [5.74, 6) is -0.879. The maximum atomic E-state index is 10.7. The maximum absolute atomic E-state index is 10.7. The van der Waals surface area contributed by atoms with E-state index in [-0.39, 0.29) is 11.5 Å². The van der Waals surface area contributed by atoms with Crippen LogP contribution in [0.3, 0.4) is 0 Å². The third-order valence-electron chi connectivity index (χ3n) is 2.34. The number of nitrogens with zero attached hydrogens (tertiary/aromatic N) is 1. The quantitative estimate of drug-likeness (QED) is 0.517. The lowest BCUT2D eigenvalue weighted by Crippen LogP contribution is -2.03. The lowest BCUT2D eigenvalue weighted by Gasteiger charge is -2.10. The summed E-state index contributed by atoms with van der Waals surface area (Å²) in [6, 6.07) is 1.73. The molecule has 0 radical (unpaired) electrons. The first-order chi connectivity index (χ1) is 7.15. The van der Waals surface area contributed by atoms with Crippen LogP contribution < -0.4 is 0 Å². The van der Waals surface area contributed by atoms with Gasteiger partial charge in [0.15, 0.2) is 0 Å². The van der Waals surface area contributed by atoms with E-state index < -0.39 is 5.97 Å². The summed E-state index contributed by atoms with van der Waals surface area (Å²) in [5.41, 5.74) is -0.121. The van der Waals surface area contributed by atoms with Crippen molar-refractivity contribution < 1.29 is 9.90 Å². The number of rotatable bonds is 7. The van der Waals surface area contributed by atoms with Gasteiger partial charge in [0.25, 0.3) is 0 Å². The van der Waals surface area contributed by atoms with Gasteiger partial charge in [0.2, 0.25) is 0 Å². The van der Waals surface area contributed by atoms with Crippen molar-refractivity contribution in [3.05, 3.63) is 11.6 Å². The van der Waals surface area contributed by atoms with Crippen molar-refractivity contribution in [2.45, 2.75) is 46.0 Å². The topological polar surface area (TPSA) is 61.1 Å². The smallest absolute Gasteiger partial charge is 0.346 e. The Morgan fingerprint density at radius 1 is 1.40 bits per heavy atom. The van der Waals surface area contributed by atoms with Crippen LogP contribution >= 0.6 is 0 Å². The monoisotopic (exact) mass is 209 g/mol. The minimum atomic E-state index is -1.12. The van der Waals surface area contributed by atoms with Crippen LogP contribution in [0, 0.1) is 17.2 Å². The van der Waals surface area contributed by atoms with Gasteiger partial charge in [-0.25, -0.2) is 4.79 Å². The maximum Gasteiger partial charge on any atom is 0.346 e. The van der Waals surface area contributed by atoms with Crippen LogP contribution in [-0.2, 0) is 4.79 Å². The molecule has 0 amide bonds. The van der Waals surface area contributed by atoms with Crippen LogP contribution in [0.4, 0.5) is 0 Å². The van der Waals surface area contributed by atoms with Gasteiger partial charge in [-0.2, -0.15) is 5.26 Å². The predicted molar refractivity (Wildman–Crippen MR) is 59.3 cm³/mol. The first-order valence-corrected chi connectivity index (χ1v) is 5.50. The number of aliphatic carboxylic acids is 1. The molecular weight excluding hydrogens is 190 g/mol. The van der Waals surface area contributed by atoms with Crippen molar-refractivity contribution in [2.24, 2.45) is 5.92 Å². The van der Waals surface area contributed by atoms with Gasteiger partial charge >= 0.3 is 5.97 Å². The Hall–Kier alpha value is -1.30. The average molecular weight is 209 g/mol. The van der Waals surface area contributed by atoms with Gasteiger partial charge < -0.3 is 5.11 Å². The fourth-order valence-corrected chi connectivity index (χ4v) is 1.54. The molecular formula is C12H19NO2. The molecule has 0 saturated carbocycles. The number of nitriles is 1. The zero-order valence-electron chi connectivity index (χ0n) is 9.49. The van der Waals surface area contributed by atoms with Gasteiger partial charge in [0.05, 0.1) is 0 Å². The minimum absolute atomic E-state index is 0.121. The second kappa shape index (κ2) is 8.05. The molecule has 0 heterocycles. The fraction of sp³-hybridized carbons (Fsp3) is 0.667. The number of unbranched alkanes of at least 4 members (excludes halogenated alkanes) is 1. The second-order valence-corrected chi connectivity index (χ2v) is 3.69. The van der Waals surface area contributed by atoms with E-state index in [1.807, 2.05) is 0 Å². The molecule has 15 heavy (non-hydrogen) atoms. The molecule has 0 fully saturated rings. The third-order valence-corrected chi connectivity index (χ3v) is 2.34. The molecule has 0 spiro atoms.